The van der Waals surface area contributed by atoms with E-state index < -0.39 is 0 Å². The van der Waals surface area contributed by atoms with E-state index in [1.54, 1.807) is 5.57 Å². The summed E-state index contributed by atoms with van der Waals surface area (Å²) in [7, 11) is 0. The topological polar surface area (TPSA) is 0 Å². The van der Waals surface area contributed by atoms with Crippen LogP contribution in [0, 0.1) is 5.92 Å². The molecule has 2 rings (SSSR count). The van der Waals surface area contributed by atoms with Gasteiger partial charge in [0.2, 0.25) is 0 Å². The second-order valence-corrected chi connectivity index (χ2v) is 4.22. The number of hydrogen-bond donors (Lipinski definition) is 0. The van der Waals surface area contributed by atoms with Gasteiger partial charge in [-0.05, 0) is 44.4 Å². The average Bonchev–Trinajstić information content (AvgIpc) is 2.06. The van der Waals surface area contributed by atoms with Crippen LogP contribution in [0.4, 0.5) is 0 Å². The van der Waals surface area contributed by atoms with Gasteiger partial charge in [0.05, 0.1) is 0 Å². The van der Waals surface area contributed by atoms with Crippen molar-refractivity contribution in [3.05, 3.63) is 10.6 Å². The molecule has 0 saturated heterocycles. The van der Waals surface area contributed by atoms with E-state index in [-0.39, 0.29) is 0 Å². The summed E-state index contributed by atoms with van der Waals surface area (Å²) in [4.78, 5) is 0. The third kappa shape index (κ3) is 1.46. The first kappa shape index (κ1) is 7.67. The maximum absolute atomic E-state index is 6.17. The molecule has 2 aliphatic carbocycles. The summed E-state index contributed by atoms with van der Waals surface area (Å²) in [5, 5.41) is 1.21. The number of fused-ring (bicyclic) bond motifs is 1. The summed E-state index contributed by atoms with van der Waals surface area (Å²) in [5.74, 6) is 0.880. The molecule has 0 spiro atoms. The lowest BCUT2D eigenvalue weighted by atomic mass is 9.78. The Morgan fingerprint density at radius 2 is 1.82 bits per heavy atom. The van der Waals surface area contributed by atoms with Crippen LogP contribution in [0.15, 0.2) is 10.6 Å². The van der Waals surface area contributed by atoms with Gasteiger partial charge in [0, 0.05) is 5.03 Å². The number of rotatable bonds is 0. The van der Waals surface area contributed by atoms with Crippen LogP contribution in [0.5, 0.6) is 0 Å². The number of halogens is 1. The highest BCUT2D eigenvalue weighted by molar-refractivity contribution is 6.30. The zero-order valence-electron chi connectivity index (χ0n) is 6.91. The van der Waals surface area contributed by atoms with E-state index in [1.807, 2.05) is 0 Å². The molecule has 2 aliphatic rings. The molecule has 0 aliphatic heterocycles. The third-order valence-corrected chi connectivity index (χ3v) is 3.47. The molecule has 0 aromatic rings. The molecule has 62 valence electrons. The molecule has 0 bridgehead atoms. The largest absolute Gasteiger partial charge is 0.0892 e. The van der Waals surface area contributed by atoms with E-state index in [2.05, 4.69) is 0 Å². The molecule has 1 unspecified atom stereocenters. The van der Waals surface area contributed by atoms with Crippen molar-refractivity contribution in [2.45, 2.75) is 44.9 Å². The Morgan fingerprint density at radius 1 is 1.00 bits per heavy atom. The van der Waals surface area contributed by atoms with E-state index in [4.69, 9.17) is 11.6 Å². The summed E-state index contributed by atoms with van der Waals surface area (Å²) in [6.07, 6.45) is 9.40. The molecule has 0 radical (unpaired) electrons. The van der Waals surface area contributed by atoms with Crippen LogP contribution in [0.25, 0.3) is 0 Å². The highest BCUT2D eigenvalue weighted by atomic mass is 35.5. The van der Waals surface area contributed by atoms with Crippen molar-refractivity contribution in [1.29, 1.82) is 0 Å². The molecular formula is C10H15Cl. The molecule has 1 fully saturated rings. The van der Waals surface area contributed by atoms with Gasteiger partial charge in [-0.15, -0.1) is 0 Å². The van der Waals surface area contributed by atoms with Gasteiger partial charge in [0.25, 0.3) is 0 Å². The summed E-state index contributed by atoms with van der Waals surface area (Å²) in [6.45, 7) is 0. The lowest BCUT2D eigenvalue weighted by Crippen LogP contribution is -2.14. The fourth-order valence-corrected chi connectivity index (χ4v) is 2.81. The van der Waals surface area contributed by atoms with Crippen molar-refractivity contribution in [3.8, 4) is 0 Å². The second kappa shape index (κ2) is 3.18. The normalized spacial score (nSPS) is 31.9. The Labute approximate surface area is 73.6 Å². The molecule has 1 atom stereocenters. The standard InChI is InChI=1S/C10H15Cl/c11-10-7-3-5-8-4-1-2-6-9(8)10/h8H,1-7H2. The quantitative estimate of drug-likeness (QED) is 0.518. The predicted octanol–water partition coefficient (Wildman–Crippen LogP) is 3.85. The Balaban J connectivity index is 2.19. The second-order valence-electron chi connectivity index (χ2n) is 3.77. The highest BCUT2D eigenvalue weighted by Crippen LogP contribution is 2.40. The van der Waals surface area contributed by atoms with Gasteiger partial charge in [-0.3, -0.25) is 0 Å². The van der Waals surface area contributed by atoms with Crippen molar-refractivity contribution in [2.75, 3.05) is 0 Å². The summed E-state index contributed by atoms with van der Waals surface area (Å²) in [5.41, 5.74) is 1.61. The molecule has 0 aromatic heterocycles. The van der Waals surface area contributed by atoms with E-state index in [9.17, 15) is 0 Å². The van der Waals surface area contributed by atoms with E-state index in [0.29, 0.717) is 0 Å². The average molecular weight is 171 g/mol. The van der Waals surface area contributed by atoms with Crippen LogP contribution in [0.3, 0.4) is 0 Å². The Kier molecular flexibility index (Phi) is 2.22. The Hall–Kier alpha value is 0.0300. The fourth-order valence-electron chi connectivity index (χ4n) is 2.42. The lowest BCUT2D eigenvalue weighted by Gasteiger charge is -2.30. The first-order valence-electron chi connectivity index (χ1n) is 4.75. The monoisotopic (exact) mass is 170 g/mol. The maximum Gasteiger partial charge on any atom is 0.0175 e. The van der Waals surface area contributed by atoms with Crippen molar-refractivity contribution in [1.82, 2.24) is 0 Å². The fraction of sp³-hybridized carbons (Fsp3) is 0.800. The van der Waals surface area contributed by atoms with Crippen LogP contribution in [-0.4, -0.2) is 0 Å². The van der Waals surface area contributed by atoms with E-state index in [0.717, 1.165) is 12.3 Å². The highest BCUT2D eigenvalue weighted by Gasteiger charge is 2.24. The van der Waals surface area contributed by atoms with Gasteiger partial charge in [-0.1, -0.05) is 23.6 Å². The van der Waals surface area contributed by atoms with E-state index in [1.165, 1.54) is 43.6 Å². The SMILES string of the molecule is ClC1=C2CCCCC2CCC1. The predicted molar refractivity (Wildman–Crippen MR) is 48.7 cm³/mol. The summed E-state index contributed by atoms with van der Waals surface area (Å²) >= 11 is 6.17. The van der Waals surface area contributed by atoms with Gasteiger partial charge >= 0.3 is 0 Å². The number of allylic oxidation sites excluding steroid dienone is 2. The molecule has 11 heavy (non-hydrogen) atoms. The van der Waals surface area contributed by atoms with Gasteiger partial charge in [-0.25, -0.2) is 0 Å². The number of hydrogen-bond acceptors (Lipinski definition) is 0. The smallest absolute Gasteiger partial charge is 0.0175 e. The van der Waals surface area contributed by atoms with Crippen LogP contribution < -0.4 is 0 Å². The zero-order chi connectivity index (χ0) is 7.68. The van der Waals surface area contributed by atoms with Crippen molar-refractivity contribution in [2.24, 2.45) is 5.92 Å². The van der Waals surface area contributed by atoms with Crippen LogP contribution in [-0.2, 0) is 0 Å². The van der Waals surface area contributed by atoms with Crippen molar-refractivity contribution < 1.29 is 0 Å². The minimum absolute atomic E-state index is 0.880. The van der Waals surface area contributed by atoms with Crippen LogP contribution >= 0.6 is 11.6 Å². The minimum atomic E-state index is 0.880. The molecule has 0 heterocycles. The van der Waals surface area contributed by atoms with E-state index >= 15 is 0 Å². The first-order valence-corrected chi connectivity index (χ1v) is 5.13. The molecule has 0 nitrogen and oxygen atoms in total. The minimum Gasteiger partial charge on any atom is -0.0892 e. The third-order valence-electron chi connectivity index (χ3n) is 3.04. The Morgan fingerprint density at radius 3 is 2.64 bits per heavy atom. The summed E-state index contributed by atoms with van der Waals surface area (Å²) in [6, 6.07) is 0. The first-order chi connectivity index (χ1) is 5.38. The summed E-state index contributed by atoms with van der Waals surface area (Å²) < 4.78 is 0. The molecular weight excluding hydrogens is 156 g/mol. The zero-order valence-corrected chi connectivity index (χ0v) is 7.66. The van der Waals surface area contributed by atoms with Crippen LogP contribution in [0.2, 0.25) is 0 Å². The molecule has 0 aromatic carbocycles. The molecule has 0 amide bonds. The van der Waals surface area contributed by atoms with Crippen molar-refractivity contribution in [3.63, 3.8) is 0 Å². The molecule has 1 heteroatoms. The van der Waals surface area contributed by atoms with Gasteiger partial charge in [-0.2, -0.15) is 0 Å². The van der Waals surface area contributed by atoms with Crippen LogP contribution in [0.1, 0.15) is 44.9 Å². The maximum atomic E-state index is 6.17. The van der Waals surface area contributed by atoms with Gasteiger partial charge < -0.3 is 0 Å². The molecule has 1 saturated carbocycles. The van der Waals surface area contributed by atoms with Crippen molar-refractivity contribution >= 4 is 11.6 Å². The van der Waals surface area contributed by atoms with Gasteiger partial charge in [0.1, 0.15) is 0 Å². The Bertz CT molecular complexity index is 181. The molecule has 0 N–H and O–H groups in total. The van der Waals surface area contributed by atoms with Gasteiger partial charge in [0.15, 0.2) is 0 Å². The lowest BCUT2D eigenvalue weighted by molar-refractivity contribution is 0.399.